The molecule has 0 saturated carbocycles. The Kier molecular flexibility index (Phi) is 4.15. The molecular formula is C15H22N6. The number of nitrogens with one attached hydrogen (secondary N) is 1. The topological polar surface area (TPSA) is 81.7 Å². The van der Waals surface area contributed by atoms with E-state index in [2.05, 4.69) is 22.4 Å². The molecule has 0 aromatic carbocycles. The number of anilines is 1. The molecule has 0 spiro atoms. The lowest BCUT2D eigenvalue weighted by atomic mass is 10.1. The van der Waals surface area contributed by atoms with E-state index in [0.717, 1.165) is 42.9 Å². The molecule has 3 N–H and O–H groups in total. The van der Waals surface area contributed by atoms with Crippen molar-refractivity contribution in [2.24, 2.45) is 5.84 Å². The number of aryl methyl sites for hydroxylation is 2. The molecule has 0 aliphatic heterocycles. The van der Waals surface area contributed by atoms with Crippen LogP contribution in [0.5, 0.6) is 0 Å². The van der Waals surface area contributed by atoms with Crippen LogP contribution in [0.1, 0.15) is 43.9 Å². The van der Waals surface area contributed by atoms with Gasteiger partial charge in [-0.1, -0.05) is 13.3 Å². The Balaban J connectivity index is 2.00. The van der Waals surface area contributed by atoms with Crippen LogP contribution < -0.4 is 11.3 Å². The fourth-order valence-electron chi connectivity index (χ4n) is 2.85. The Labute approximate surface area is 124 Å². The molecule has 21 heavy (non-hydrogen) atoms. The Hall–Kier alpha value is -1.95. The lowest BCUT2D eigenvalue weighted by molar-refractivity contribution is 0.603. The first-order valence-electron chi connectivity index (χ1n) is 7.71. The molecule has 0 atom stereocenters. The number of nitrogens with zero attached hydrogens (tertiary/aromatic N) is 4. The van der Waals surface area contributed by atoms with Gasteiger partial charge >= 0.3 is 0 Å². The van der Waals surface area contributed by atoms with Gasteiger partial charge in [0.2, 0.25) is 0 Å². The van der Waals surface area contributed by atoms with Crippen LogP contribution in [-0.2, 0) is 19.4 Å². The number of fused-ring (bicyclic) bond motifs is 1. The van der Waals surface area contributed by atoms with E-state index < -0.39 is 0 Å². The van der Waals surface area contributed by atoms with E-state index in [0.29, 0.717) is 5.82 Å². The van der Waals surface area contributed by atoms with Crippen molar-refractivity contribution in [3.63, 3.8) is 0 Å². The molecule has 0 saturated heterocycles. The van der Waals surface area contributed by atoms with E-state index in [1.807, 2.05) is 17.1 Å². The van der Waals surface area contributed by atoms with Crippen LogP contribution in [0.3, 0.4) is 0 Å². The van der Waals surface area contributed by atoms with Crippen LogP contribution in [0.15, 0.2) is 12.4 Å². The lowest BCUT2D eigenvalue weighted by Gasteiger charge is -2.12. The molecule has 6 heteroatoms. The van der Waals surface area contributed by atoms with Crippen molar-refractivity contribution in [2.45, 2.75) is 52.0 Å². The highest BCUT2D eigenvalue weighted by Gasteiger charge is 2.17. The van der Waals surface area contributed by atoms with Crippen LogP contribution in [0.2, 0.25) is 0 Å². The quantitative estimate of drug-likeness (QED) is 0.512. The fraction of sp³-hybridized carbons (Fsp3) is 0.533. The zero-order chi connectivity index (χ0) is 14.7. The van der Waals surface area contributed by atoms with Crippen molar-refractivity contribution in [3.05, 3.63) is 23.7 Å². The van der Waals surface area contributed by atoms with Crippen LogP contribution in [-0.4, -0.2) is 19.7 Å². The first-order valence-corrected chi connectivity index (χ1v) is 7.71. The van der Waals surface area contributed by atoms with Gasteiger partial charge in [0.15, 0.2) is 5.82 Å². The molecule has 2 heterocycles. The van der Waals surface area contributed by atoms with E-state index in [-0.39, 0.29) is 0 Å². The minimum Gasteiger partial charge on any atom is -0.308 e. The number of hydrazine groups is 1. The minimum absolute atomic E-state index is 0.714. The van der Waals surface area contributed by atoms with E-state index >= 15 is 0 Å². The predicted molar refractivity (Wildman–Crippen MR) is 82.6 cm³/mol. The van der Waals surface area contributed by atoms with Gasteiger partial charge in [0.1, 0.15) is 5.82 Å². The average Bonchev–Trinajstić information content (AvgIpc) is 2.83. The summed E-state index contributed by atoms with van der Waals surface area (Å²) in [5.74, 6) is 7.14. The van der Waals surface area contributed by atoms with Crippen molar-refractivity contribution in [3.8, 4) is 11.4 Å². The second-order valence-corrected chi connectivity index (χ2v) is 5.52. The zero-order valence-corrected chi connectivity index (χ0v) is 12.5. The van der Waals surface area contributed by atoms with E-state index in [4.69, 9.17) is 10.8 Å². The molecule has 1 aliphatic carbocycles. The second kappa shape index (κ2) is 6.22. The molecule has 1 aliphatic rings. The Morgan fingerprint density at radius 2 is 2.10 bits per heavy atom. The molecular weight excluding hydrogens is 264 g/mol. The largest absolute Gasteiger partial charge is 0.308 e. The van der Waals surface area contributed by atoms with Crippen molar-refractivity contribution >= 4 is 5.82 Å². The van der Waals surface area contributed by atoms with Gasteiger partial charge in [0.25, 0.3) is 0 Å². The number of nitrogen functional groups attached to an aromatic ring is 1. The lowest BCUT2D eigenvalue weighted by Crippen LogP contribution is -2.14. The first-order chi connectivity index (χ1) is 10.3. The predicted octanol–water partition coefficient (Wildman–Crippen LogP) is 2.30. The molecule has 2 aromatic heterocycles. The molecule has 0 unspecified atom stereocenters. The maximum absolute atomic E-state index is 5.66. The van der Waals surface area contributed by atoms with E-state index in [1.54, 1.807) is 0 Å². The van der Waals surface area contributed by atoms with Gasteiger partial charge in [-0.25, -0.2) is 15.8 Å². The summed E-state index contributed by atoms with van der Waals surface area (Å²) in [6.07, 6.45) is 10.5. The molecule has 0 radical (unpaired) electrons. The zero-order valence-electron chi connectivity index (χ0n) is 12.5. The SMILES string of the molecule is CCCn1cc(-c2nc3c(c(NN)n2)CCCCC3)cn1. The Morgan fingerprint density at radius 3 is 2.90 bits per heavy atom. The van der Waals surface area contributed by atoms with Gasteiger partial charge in [-0.05, 0) is 32.1 Å². The fourth-order valence-corrected chi connectivity index (χ4v) is 2.85. The Bertz CT molecular complexity index is 619. The summed E-state index contributed by atoms with van der Waals surface area (Å²) in [5.41, 5.74) is 6.01. The number of rotatable bonds is 4. The summed E-state index contributed by atoms with van der Waals surface area (Å²) >= 11 is 0. The molecule has 3 rings (SSSR count). The van der Waals surface area contributed by atoms with Crippen molar-refractivity contribution in [1.29, 1.82) is 0 Å². The van der Waals surface area contributed by atoms with Crippen LogP contribution in [0.25, 0.3) is 11.4 Å². The number of hydrogen-bond acceptors (Lipinski definition) is 5. The van der Waals surface area contributed by atoms with Gasteiger partial charge in [-0.2, -0.15) is 5.10 Å². The normalized spacial score (nSPS) is 14.6. The third kappa shape index (κ3) is 2.90. The first kappa shape index (κ1) is 14.0. The van der Waals surface area contributed by atoms with Gasteiger partial charge in [-0.15, -0.1) is 0 Å². The van der Waals surface area contributed by atoms with E-state index in [1.165, 1.54) is 24.8 Å². The van der Waals surface area contributed by atoms with Crippen molar-refractivity contribution in [1.82, 2.24) is 19.7 Å². The monoisotopic (exact) mass is 286 g/mol. The van der Waals surface area contributed by atoms with Crippen LogP contribution in [0.4, 0.5) is 5.82 Å². The van der Waals surface area contributed by atoms with Gasteiger partial charge in [0, 0.05) is 24.0 Å². The number of hydrogen-bond donors (Lipinski definition) is 2. The molecule has 112 valence electrons. The highest BCUT2D eigenvalue weighted by Crippen LogP contribution is 2.27. The summed E-state index contributed by atoms with van der Waals surface area (Å²) < 4.78 is 1.93. The standard InChI is InChI=1S/C15H22N6/c1-2-8-21-10-11(9-17-21)14-18-13-7-5-3-4-6-12(13)15(19-14)20-16/h9-10H,2-8,16H2,1H3,(H,18,19,20). The summed E-state index contributed by atoms with van der Waals surface area (Å²) in [7, 11) is 0. The number of aromatic nitrogens is 4. The summed E-state index contributed by atoms with van der Waals surface area (Å²) in [6, 6.07) is 0. The smallest absolute Gasteiger partial charge is 0.165 e. The number of nitrogens with two attached hydrogens (primary N) is 1. The molecule has 0 bridgehead atoms. The Morgan fingerprint density at radius 1 is 1.24 bits per heavy atom. The van der Waals surface area contributed by atoms with E-state index in [9.17, 15) is 0 Å². The van der Waals surface area contributed by atoms with Gasteiger partial charge < -0.3 is 5.43 Å². The minimum atomic E-state index is 0.714. The average molecular weight is 286 g/mol. The van der Waals surface area contributed by atoms with Gasteiger partial charge in [0.05, 0.1) is 11.8 Å². The molecule has 2 aromatic rings. The van der Waals surface area contributed by atoms with Crippen molar-refractivity contribution in [2.75, 3.05) is 5.43 Å². The third-order valence-corrected chi connectivity index (χ3v) is 3.91. The highest BCUT2D eigenvalue weighted by molar-refractivity contribution is 5.58. The summed E-state index contributed by atoms with van der Waals surface area (Å²) in [5, 5.41) is 4.35. The highest BCUT2D eigenvalue weighted by atomic mass is 15.3. The molecule has 0 fully saturated rings. The summed E-state index contributed by atoms with van der Waals surface area (Å²) in [6.45, 7) is 3.05. The maximum Gasteiger partial charge on any atom is 0.165 e. The second-order valence-electron chi connectivity index (χ2n) is 5.52. The van der Waals surface area contributed by atoms with Crippen molar-refractivity contribution < 1.29 is 0 Å². The maximum atomic E-state index is 5.66. The molecule has 6 nitrogen and oxygen atoms in total. The van der Waals surface area contributed by atoms with Crippen LogP contribution >= 0.6 is 0 Å². The third-order valence-electron chi connectivity index (χ3n) is 3.91. The molecule has 0 amide bonds. The van der Waals surface area contributed by atoms with Crippen LogP contribution in [0, 0.1) is 0 Å². The van der Waals surface area contributed by atoms with Gasteiger partial charge in [-0.3, -0.25) is 4.68 Å². The summed E-state index contributed by atoms with van der Waals surface area (Å²) in [4.78, 5) is 9.35.